The molecule has 2 heterocycles. The molecule has 0 unspecified atom stereocenters. The number of aryl methyl sites for hydroxylation is 1. The molecule has 0 saturated heterocycles. The number of nitrogens with zero attached hydrogens (tertiary/aromatic N) is 2. The standard InChI is InChI=1S/C24H24FN3O4/c1-4-32-24(31)22-15(2)21(16(3)27-22)20(29)14-28(13-17-8-10-26-11-9-17)23(30)18-6-5-7-19(25)12-18/h5-12,27H,4,13-14H2,1-3H3. The van der Waals surface area contributed by atoms with Crippen LogP contribution in [-0.2, 0) is 11.3 Å². The van der Waals surface area contributed by atoms with E-state index in [4.69, 9.17) is 4.74 Å². The van der Waals surface area contributed by atoms with E-state index < -0.39 is 17.7 Å². The molecule has 1 N–H and O–H groups in total. The molecule has 1 aromatic carbocycles. The molecule has 0 radical (unpaired) electrons. The molecule has 32 heavy (non-hydrogen) atoms. The topological polar surface area (TPSA) is 92.4 Å². The van der Waals surface area contributed by atoms with Crippen molar-refractivity contribution in [2.75, 3.05) is 13.2 Å². The third-order valence-corrected chi connectivity index (χ3v) is 5.01. The smallest absolute Gasteiger partial charge is 0.355 e. The Hall–Kier alpha value is -3.81. The maximum atomic E-state index is 13.7. The van der Waals surface area contributed by atoms with Gasteiger partial charge in [-0.15, -0.1) is 0 Å². The maximum absolute atomic E-state index is 13.7. The van der Waals surface area contributed by atoms with E-state index in [0.29, 0.717) is 16.8 Å². The first-order valence-electron chi connectivity index (χ1n) is 10.1. The number of benzene rings is 1. The quantitative estimate of drug-likeness (QED) is 0.427. The first-order chi connectivity index (χ1) is 15.3. The average molecular weight is 437 g/mol. The molecule has 0 aliphatic heterocycles. The Morgan fingerprint density at radius 1 is 1.12 bits per heavy atom. The highest BCUT2D eigenvalue weighted by atomic mass is 19.1. The summed E-state index contributed by atoms with van der Waals surface area (Å²) in [7, 11) is 0. The van der Waals surface area contributed by atoms with E-state index in [2.05, 4.69) is 9.97 Å². The Morgan fingerprint density at radius 3 is 2.50 bits per heavy atom. The Balaban J connectivity index is 1.92. The van der Waals surface area contributed by atoms with E-state index in [1.807, 2.05) is 0 Å². The highest BCUT2D eigenvalue weighted by Crippen LogP contribution is 2.21. The van der Waals surface area contributed by atoms with Crippen molar-refractivity contribution in [2.24, 2.45) is 0 Å². The second-order valence-electron chi connectivity index (χ2n) is 7.30. The molecule has 0 fully saturated rings. The lowest BCUT2D eigenvalue weighted by Crippen LogP contribution is -2.35. The summed E-state index contributed by atoms with van der Waals surface area (Å²) in [6.45, 7) is 5.14. The van der Waals surface area contributed by atoms with E-state index in [1.54, 1.807) is 45.3 Å². The van der Waals surface area contributed by atoms with Crippen molar-refractivity contribution < 1.29 is 23.5 Å². The number of aromatic amines is 1. The summed E-state index contributed by atoms with van der Waals surface area (Å²) < 4.78 is 18.7. The van der Waals surface area contributed by atoms with Gasteiger partial charge in [0.15, 0.2) is 5.78 Å². The lowest BCUT2D eigenvalue weighted by molar-refractivity contribution is 0.0519. The number of H-pyrrole nitrogens is 1. The van der Waals surface area contributed by atoms with E-state index in [0.717, 1.165) is 11.6 Å². The average Bonchev–Trinajstić information content (AvgIpc) is 3.07. The number of hydrogen-bond acceptors (Lipinski definition) is 5. The van der Waals surface area contributed by atoms with Crippen molar-refractivity contribution in [1.82, 2.24) is 14.9 Å². The van der Waals surface area contributed by atoms with Gasteiger partial charge in [-0.1, -0.05) is 6.07 Å². The number of halogens is 1. The molecule has 3 rings (SSSR count). The van der Waals surface area contributed by atoms with Gasteiger partial charge in [0.1, 0.15) is 11.5 Å². The number of Topliss-reactive ketones (excluding diaryl/α,β-unsaturated/α-hetero) is 1. The number of ketones is 1. The van der Waals surface area contributed by atoms with Crippen molar-refractivity contribution >= 4 is 17.7 Å². The van der Waals surface area contributed by atoms with Crippen LogP contribution in [-0.4, -0.2) is 45.7 Å². The van der Waals surface area contributed by atoms with Gasteiger partial charge in [-0.05, 0) is 62.2 Å². The van der Waals surface area contributed by atoms with Crippen LogP contribution >= 0.6 is 0 Å². The fraction of sp³-hybridized carbons (Fsp3) is 0.250. The van der Waals surface area contributed by atoms with Crippen molar-refractivity contribution in [3.8, 4) is 0 Å². The van der Waals surface area contributed by atoms with Gasteiger partial charge in [-0.3, -0.25) is 14.6 Å². The van der Waals surface area contributed by atoms with Crippen LogP contribution in [0.1, 0.15) is 54.9 Å². The first-order valence-corrected chi connectivity index (χ1v) is 10.1. The number of carbonyl (C=O) groups is 3. The monoisotopic (exact) mass is 437 g/mol. The molecule has 7 nitrogen and oxygen atoms in total. The lowest BCUT2D eigenvalue weighted by atomic mass is 10.0. The molecule has 0 bridgehead atoms. The summed E-state index contributed by atoms with van der Waals surface area (Å²) in [6.07, 6.45) is 3.18. The minimum Gasteiger partial charge on any atom is -0.461 e. The third-order valence-electron chi connectivity index (χ3n) is 5.01. The lowest BCUT2D eigenvalue weighted by Gasteiger charge is -2.22. The number of pyridine rings is 1. The summed E-state index contributed by atoms with van der Waals surface area (Å²) in [5.74, 6) is -1.91. The molecular formula is C24H24FN3O4. The van der Waals surface area contributed by atoms with Crippen LogP contribution in [0.2, 0.25) is 0 Å². The number of aromatic nitrogens is 2. The Morgan fingerprint density at radius 2 is 1.84 bits per heavy atom. The fourth-order valence-electron chi connectivity index (χ4n) is 3.54. The Kier molecular flexibility index (Phi) is 7.14. The zero-order chi connectivity index (χ0) is 23.3. The van der Waals surface area contributed by atoms with E-state index in [-0.39, 0.29) is 36.7 Å². The summed E-state index contributed by atoms with van der Waals surface area (Å²) in [5, 5.41) is 0. The number of rotatable bonds is 8. The molecule has 0 aliphatic carbocycles. The summed E-state index contributed by atoms with van der Waals surface area (Å²) in [5.41, 5.74) is 2.43. The molecule has 2 aromatic heterocycles. The molecule has 8 heteroatoms. The second-order valence-corrected chi connectivity index (χ2v) is 7.30. The van der Waals surface area contributed by atoms with Gasteiger partial charge in [-0.25, -0.2) is 9.18 Å². The zero-order valence-electron chi connectivity index (χ0n) is 18.1. The van der Waals surface area contributed by atoms with Gasteiger partial charge < -0.3 is 14.6 Å². The highest BCUT2D eigenvalue weighted by molar-refractivity contribution is 6.05. The number of ether oxygens (including phenoxy) is 1. The summed E-state index contributed by atoms with van der Waals surface area (Å²) in [6, 6.07) is 8.81. The Labute approximate surface area is 185 Å². The third kappa shape index (κ3) is 5.08. The van der Waals surface area contributed by atoms with Crippen molar-refractivity contribution in [3.05, 3.63) is 88.3 Å². The molecular weight excluding hydrogens is 413 g/mol. The van der Waals surface area contributed by atoms with Crippen LogP contribution < -0.4 is 0 Å². The van der Waals surface area contributed by atoms with Crippen molar-refractivity contribution in [2.45, 2.75) is 27.3 Å². The summed E-state index contributed by atoms with van der Waals surface area (Å²) >= 11 is 0. The second kappa shape index (κ2) is 10.00. The molecule has 0 saturated carbocycles. The summed E-state index contributed by atoms with van der Waals surface area (Å²) in [4.78, 5) is 46.8. The van der Waals surface area contributed by atoms with Gasteiger partial charge in [0.25, 0.3) is 5.91 Å². The predicted molar refractivity (Wildman–Crippen MR) is 116 cm³/mol. The number of hydrogen-bond donors (Lipinski definition) is 1. The van der Waals surface area contributed by atoms with Crippen LogP contribution in [0.25, 0.3) is 0 Å². The molecule has 0 spiro atoms. The minimum absolute atomic E-state index is 0.136. The fourth-order valence-corrected chi connectivity index (χ4v) is 3.54. The largest absolute Gasteiger partial charge is 0.461 e. The van der Waals surface area contributed by atoms with Crippen LogP contribution in [0, 0.1) is 19.7 Å². The van der Waals surface area contributed by atoms with Gasteiger partial charge in [0.05, 0.1) is 13.2 Å². The van der Waals surface area contributed by atoms with Gasteiger partial charge in [-0.2, -0.15) is 0 Å². The SMILES string of the molecule is CCOC(=O)c1[nH]c(C)c(C(=O)CN(Cc2ccncc2)C(=O)c2cccc(F)c2)c1C. The van der Waals surface area contributed by atoms with Crippen LogP contribution in [0.5, 0.6) is 0 Å². The van der Waals surface area contributed by atoms with Crippen molar-refractivity contribution in [1.29, 1.82) is 0 Å². The maximum Gasteiger partial charge on any atom is 0.355 e. The predicted octanol–water partition coefficient (Wildman–Crippen LogP) is 3.87. The van der Waals surface area contributed by atoms with Gasteiger partial charge >= 0.3 is 5.97 Å². The molecule has 166 valence electrons. The van der Waals surface area contributed by atoms with Crippen molar-refractivity contribution in [3.63, 3.8) is 0 Å². The van der Waals surface area contributed by atoms with E-state index >= 15 is 0 Å². The molecule has 0 atom stereocenters. The number of esters is 1. The number of amides is 1. The highest BCUT2D eigenvalue weighted by Gasteiger charge is 2.26. The molecule has 0 aliphatic rings. The van der Waals surface area contributed by atoms with E-state index in [9.17, 15) is 18.8 Å². The normalized spacial score (nSPS) is 10.6. The number of carbonyl (C=O) groups excluding carboxylic acids is 3. The molecule has 1 amide bonds. The van der Waals surface area contributed by atoms with Gasteiger partial charge in [0.2, 0.25) is 0 Å². The first kappa shape index (κ1) is 22.9. The van der Waals surface area contributed by atoms with Gasteiger partial charge in [0, 0.05) is 35.8 Å². The zero-order valence-corrected chi connectivity index (χ0v) is 18.1. The van der Waals surface area contributed by atoms with E-state index in [1.165, 1.54) is 23.1 Å². The Bertz CT molecular complexity index is 1140. The molecule has 3 aromatic rings. The minimum atomic E-state index is -0.545. The van der Waals surface area contributed by atoms with Crippen LogP contribution in [0.4, 0.5) is 4.39 Å². The van der Waals surface area contributed by atoms with Crippen LogP contribution in [0.15, 0.2) is 48.8 Å². The number of nitrogens with one attached hydrogen (secondary N) is 1. The van der Waals surface area contributed by atoms with Crippen LogP contribution in [0.3, 0.4) is 0 Å².